The lowest BCUT2D eigenvalue weighted by molar-refractivity contribution is -0.482. The van der Waals surface area contributed by atoms with Crippen LogP contribution in [0.2, 0.25) is 5.02 Å². The zero-order valence-electron chi connectivity index (χ0n) is 18.0. The van der Waals surface area contributed by atoms with Crippen molar-refractivity contribution in [3.8, 4) is 5.75 Å². The van der Waals surface area contributed by atoms with Gasteiger partial charge in [-0.05, 0) is 50.1 Å². The van der Waals surface area contributed by atoms with E-state index in [4.69, 9.17) is 25.8 Å². The number of hydrogen-bond acceptors (Lipinski definition) is 5. The van der Waals surface area contributed by atoms with Gasteiger partial charge in [-0.25, -0.2) is 10.1 Å². The number of carboxylic acids is 1. The van der Waals surface area contributed by atoms with Gasteiger partial charge in [0.05, 0.1) is 12.7 Å². The van der Waals surface area contributed by atoms with E-state index in [1.165, 1.54) is 5.32 Å². The second kappa shape index (κ2) is 12.3. The number of benzene rings is 2. The largest absolute Gasteiger partial charge is 0.517 e. The normalized spacial score (nSPS) is 11.9. The molecule has 0 heterocycles. The number of ether oxygens (including phenoxy) is 3. The molecule has 0 bridgehead atoms. The van der Waals surface area contributed by atoms with Crippen LogP contribution in [-0.4, -0.2) is 42.6 Å². The van der Waals surface area contributed by atoms with Crippen molar-refractivity contribution < 1.29 is 34.2 Å². The number of amides is 1. The Morgan fingerprint density at radius 2 is 1.84 bits per heavy atom. The molecule has 1 unspecified atom stereocenters. The van der Waals surface area contributed by atoms with Gasteiger partial charge < -0.3 is 19.3 Å². The van der Waals surface area contributed by atoms with Crippen LogP contribution in [0.3, 0.4) is 0 Å². The van der Waals surface area contributed by atoms with Gasteiger partial charge in [-0.15, -0.1) is 0 Å². The van der Waals surface area contributed by atoms with Crippen molar-refractivity contribution in [2.45, 2.75) is 45.8 Å². The predicted octanol–water partition coefficient (Wildman–Crippen LogP) is 3.73. The summed E-state index contributed by atoms with van der Waals surface area (Å²) in [6.07, 6.45) is -0.909. The lowest BCUT2D eigenvalue weighted by Gasteiger charge is -2.18. The Labute approximate surface area is 187 Å². The standard InChI is InChI=1S/C23H28ClNO6/c1-4-29-20-10-5-16(14-21(22(26)27)31-15(2)3)13-17(20)11-12-30-23(28)25-19-8-6-18(24)7-9-19/h5-10,13,15,21H,4,11-12,14H2,1-3H3,(H,25,28)(H,26,27)/p+1. The van der Waals surface area contributed by atoms with Crippen LogP contribution in [0.5, 0.6) is 5.75 Å². The van der Waals surface area contributed by atoms with E-state index in [1.54, 1.807) is 38.1 Å². The monoisotopic (exact) mass is 450 g/mol. The number of nitrogens with two attached hydrogens (primary N) is 1. The second-order valence-electron chi connectivity index (χ2n) is 7.20. The van der Waals surface area contributed by atoms with E-state index < -0.39 is 18.2 Å². The summed E-state index contributed by atoms with van der Waals surface area (Å²) in [5, 5.41) is 11.4. The topological polar surface area (TPSA) is 98.7 Å². The van der Waals surface area contributed by atoms with Crippen LogP contribution < -0.4 is 10.1 Å². The molecule has 168 valence electrons. The number of quaternary nitrogens is 1. The molecule has 1 atom stereocenters. The Hall–Kier alpha value is -2.61. The summed E-state index contributed by atoms with van der Waals surface area (Å²) in [6.45, 7) is 6.14. The predicted molar refractivity (Wildman–Crippen MR) is 117 cm³/mol. The highest BCUT2D eigenvalue weighted by Gasteiger charge is 2.21. The summed E-state index contributed by atoms with van der Waals surface area (Å²) in [5.41, 5.74) is 2.36. The van der Waals surface area contributed by atoms with Gasteiger partial charge in [0, 0.05) is 30.0 Å². The minimum atomic E-state index is -1.00. The minimum absolute atomic E-state index is 0.164. The third kappa shape index (κ3) is 8.57. The first-order valence-corrected chi connectivity index (χ1v) is 10.6. The smallest absolute Gasteiger partial charge is 0.494 e. The molecule has 0 aliphatic heterocycles. The fourth-order valence-corrected chi connectivity index (χ4v) is 3.11. The molecule has 0 aromatic heterocycles. The number of carbonyl (C=O) groups excluding carboxylic acids is 1. The lowest BCUT2D eigenvalue weighted by Crippen LogP contribution is -2.82. The average Bonchev–Trinajstić information content (AvgIpc) is 2.70. The lowest BCUT2D eigenvalue weighted by atomic mass is 10.0. The third-order valence-corrected chi connectivity index (χ3v) is 4.58. The van der Waals surface area contributed by atoms with Gasteiger partial charge in [0.15, 0.2) is 6.10 Å². The maximum absolute atomic E-state index is 12.1. The maximum Gasteiger partial charge on any atom is 0.517 e. The highest BCUT2D eigenvalue weighted by molar-refractivity contribution is 6.30. The molecule has 0 fully saturated rings. The number of halogens is 1. The van der Waals surface area contributed by atoms with Crippen molar-refractivity contribution in [1.29, 1.82) is 0 Å². The molecule has 0 spiro atoms. The van der Waals surface area contributed by atoms with Crippen molar-refractivity contribution in [2.24, 2.45) is 0 Å². The highest BCUT2D eigenvalue weighted by Crippen LogP contribution is 2.22. The molecule has 2 rings (SSSR count). The molecule has 0 aliphatic carbocycles. The Morgan fingerprint density at radius 1 is 1.13 bits per heavy atom. The van der Waals surface area contributed by atoms with Crippen molar-refractivity contribution in [3.63, 3.8) is 0 Å². The molecule has 0 saturated heterocycles. The van der Waals surface area contributed by atoms with Crippen molar-refractivity contribution in [2.75, 3.05) is 13.2 Å². The van der Waals surface area contributed by atoms with Gasteiger partial charge in [0.25, 0.3) is 0 Å². The molecule has 31 heavy (non-hydrogen) atoms. The van der Waals surface area contributed by atoms with Crippen molar-refractivity contribution in [3.05, 3.63) is 58.6 Å². The second-order valence-corrected chi connectivity index (χ2v) is 7.64. The highest BCUT2D eigenvalue weighted by atomic mass is 35.5. The molecule has 2 aromatic carbocycles. The van der Waals surface area contributed by atoms with Gasteiger partial charge >= 0.3 is 12.1 Å². The van der Waals surface area contributed by atoms with E-state index >= 15 is 0 Å². The van der Waals surface area contributed by atoms with E-state index in [0.717, 1.165) is 11.1 Å². The van der Waals surface area contributed by atoms with E-state index in [0.29, 0.717) is 29.5 Å². The molecule has 3 N–H and O–H groups in total. The van der Waals surface area contributed by atoms with Crippen LogP contribution in [0, 0.1) is 0 Å². The Morgan fingerprint density at radius 3 is 2.45 bits per heavy atom. The SMILES string of the molecule is CCOc1ccc(CC(OC(C)C)C(=O)O)cc1CCOC(=O)[NH2+]c1ccc(Cl)cc1. The van der Waals surface area contributed by atoms with E-state index in [2.05, 4.69) is 0 Å². The Bertz CT molecular complexity index is 869. The molecular weight excluding hydrogens is 422 g/mol. The maximum atomic E-state index is 12.1. The number of primary amides is 1. The van der Waals surface area contributed by atoms with E-state index in [1.807, 2.05) is 25.1 Å². The summed E-state index contributed by atoms with van der Waals surface area (Å²) >= 11 is 5.84. The number of hydrogen-bond donors (Lipinski definition) is 2. The van der Waals surface area contributed by atoms with Crippen LogP contribution in [0.1, 0.15) is 31.9 Å². The molecule has 0 radical (unpaired) electrons. The summed E-state index contributed by atoms with van der Waals surface area (Å²) in [5.74, 6) is -0.323. The van der Waals surface area contributed by atoms with Gasteiger partial charge in [0.2, 0.25) is 0 Å². The van der Waals surface area contributed by atoms with Crippen LogP contribution in [-0.2, 0) is 27.1 Å². The molecule has 0 aliphatic rings. The first-order chi connectivity index (χ1) is 14.8. The number of rotatable bonds is 11. The first kappa shape index (κ1) is 24.7. The summed E-state index contributed by atoms with van der Waals surface area (Å²) in [4.78, 5) is 23.6. The minimum Gasteiger partial charge on any atom is -0.494 e. The Balaban J connectivity index is 2.00. The van der Waals surface area contributed by atoms with Crippen molar-refractivity contribution in [1.82, 2.24) is 0 Å². The van der Waals surface area contributed by atoms with Gasteiger partial charge in [-0.2, -0.15) is 4.79 Å². The molecule has 2 aromatic rings. The fraction of sp³-hybridized carbons (Fsp3) is 0.391. The van der Waals surface area contributed by atoms with Gasteiger partial charge in [0.1, 0.15) is 18.0 Å². The number of carboxylic acid groups (broad SMARTS) is 1. The molecule has 1 amide bonds. The number of carbonyl (C=O) groups is 2. The zero-order chi connectivity index (χ0) is 22.8. The fourth-order valence-electron chi connectivity index (χ4n) is 2.99. The molecular formula is C23H29ClNO6+. The molecule has 8 heteroatoms. The van der Waals surface area contributed by atoms with E-state index in [9.17, 15) is 14.7 Å². The third-order valence-electron chi connectivity index (χ3n) is 4.33. The van der Waals surface area contributed by atoms with Crippen LogP contribution in [0.4, 0.5) is 10.5 Å². The summed E-state index contributed by atoms with van der Waals surface area (Å²) in [6, 6.07) is 12.4. The van der Waals surface area contributed by atoms with Crippen LogP contribution >= 0.6 is 11.6 Å². The summed E-state index contributed by atoms with van der Waals surface area (Å²) in [7, 11) is 0. The van der Waals surface area contributed by atoms with Crippen LogP contribution in [0.15, 0.2) is 42.5 Å². The van der Waals surface area contributed by atoms with E-state index in [-0.39, 0.29) is 19.1 Å². The average molecular weight is 451 g/mol. The first-order valence-electron chi connectivity index (χ1n) is 10.2. The van der Waals surface area contributed by atoms with Crippen molar-refractivity contribution >= 4 is 29.4 Å². The Kier molecular flexibility index (Phi) is 9.78. The zero-order valence-corrected chi connectivity index (χ0v) is 18.7. The van der Waals surface area contributed by atoms with Gasteiger partial charge in [-0.3, -0.25) is 0 Å². The number of aliphatic carboxylic acids is 1. The quantitative estimate of drug-likeness (QED) is 0.506. The molecule has 0 saturated carbocycles. The summed E-state index contributed by atoms with van der Waals surface area (Å²) < 4.78 is 16.5. The van der Waals surface area contributed by atoms with Gasteiger partial charge in [-0.1, -0.05) is 23.7 Å². The molecule has 7 nitrogen and oxygen atoms in total. The van der Waals surface area contributed by atoms with Crippen LogP contribution in [0.25, 0.3) is 0 Å².